The van der Waals surface area contributed by atoms with Gasteiger partial charge in [0.05, 0.1) is 0 Å². The highest BCUT2D eigenvalue weighted by molar-refractivity contribution is 5.36. The highest BCUT2D eigenvalue weighted by Crippen LogP contribution is 2.50. The minimum Gasteiger partial charge on any atom is -0.194 e. The Morgan fingerprint density at radius 1 is 0.516 bits per heavy atom. The van der Waals surface area contributed by atoms with E-state index in [4.69, 9.17) is 0 Å². The highest BCUT2D eigenvalue weighted by Gasteiger charge is 2.58. The van der Waals surface area contributed by atoms with Gasteiger partial charge in [0.25, 0.3) is 0 Å². The number of alkyl halides is 4. The Morgan fingerprint density at radius 2 is 0.839 bits per heavy atom. The Kier molecular flexibility index (Phi) is 7.66. The van der Waals surface area contributed by atoms with Gasteiger partial charge < -0.3 is 0 Å². The van der Waals surface area contributed by atoms with Crippen LogP contribution in [-0.2, 0) is 22.7 Å². The van der Waals surface area contributed by atoms with E-state index < -0.39 is 23.0 Å². The Bertz CT molecular complexity index is 831. The average Bonchev–Trinajstić information content (AvgIpc) is 2.72. The van der Waals surface area contributed by atoms with Crippen LogP contribution < -0.4 is 0 Å². The molecule has 0 radical (unpaired) electrons. The Hall–Kier alpha value is -1.84. The minimum atomic E-state index is -4.31. The molecule has 0 amide bonds. The van der Waals surface area contributed by atoms with Gasteiger partial charge in [-0.05, 0) is 34.8 Å². The maximum atomic E-state index is 15.0. The van der Waals surface area contributed by atoms with Gasteiger partial charge in [0, 0.05) is 11.1 Å². The van der Waals surface area contributed by atoms with Crippen LogP contribution in [0.15, 0.2) is 48.5 Å². The topological polar surface area (TPSA) is 0 Å². The quantitative estimate of drug-likeness (QED) is 0.326. The van der Waals surface area contributed by atoms with Crippen molar-refractivity contribution in [1.82, 2.24) is 0 Å². The van der Waals surface area contributed by atoms with Crippen LogP contribution in [0.4, 0.5) is 17.6 Å². The Morgan fingerprint density at radius 3 is 1.16 bits per heavy atom. The van der Waals surface area contributed by atoms with Crippen molar-refractivity contribution in [2.75, 3.05) is 0 Å². The molecule has 0 saturated heterocycles. The maximum Gasteiger partial charge on any atom is 0.339 e. The molecule has 0 N–H and O–H groups in total. The molecule has 2 aromatic carbocycles. The van der Waals surface area contributed by atoms with Crippen molar-refractivity contribution in [2.24, 2.45) is 0 Å². The monoisotopic (exact) mass is 436 g/mol. The summed E-state index contributed by atoms with van der Waals surface area (Å²) in [5.41, 5.74) is 0.0462. The third-order valence-corrected chi connectivity index (χ3v) is 6.48. The van der Waals surface area contributed by atoms with E-state index in [0.29, 0.717) is 0 Å². The normalized spacial score (nSPS) is 13.5. The molecule has 0 aromatic heterocycles. The molecule has 0 spiro atoms. The molecule has 4 heteroatoms. The van der Waals surface area contributed by atoms with Crippen LogP contribution in [0.25, 0.3) is 0 Å². The fraction of sp³-hybridized carbons (Fsp3) is 0.556. The smallest absolute Gasteiger partial charge is 0.194 e. The van der Waals surface area contributed by atoms with Gasteiger partial charge in [-0.25, -0.2) is 0 Å². The van der Waals surface area contributed by atoms with Crippen molar-refractivity contribution >= 4 is 0 Å². The first-order valence-corrected chi connectivity index (χ1v) is 11.3. The van der Waals surface area contributed by atoms with E-state index in [1.165, 1.54) is 0 Å². The van der Waals surface area contributed by atoms with Crippen LogP contribution in [0, 0.1) is 0 Å². The molecule has 0 bridgehead atoms. The molecule has 0 aliphatic rings. The molecule has 2 aromatic rings. The fourth-order valence-electron chi connectivity index (χ4n) is 4.16. The number of unbranched alkanes of at least 4 members (excludes halogenated alkanes) is 1. The first-order valence-electron chi connectivity index (χ1n) is 11.3. The fourth-order valence-corrected chi connectivity index (χ4v) is 4.16. The van der Waals surface area contributed by atoms with Crippen LogP contribution >= 0.6 is 0 Å². The van der Waals surface area contributed by atoms with E-state index in [1.54, 1.807) is 24.3 Å². The number of benzene rings is 2. The van der Waals surface area contributed by atoms with Gasteiger partial charge in [-0.1, -0.05) is 109 Å². The summed E-state index contributed by atoms with van der Waals surface area (Å²) in [5, 5.41) is 0. The second-order valence-corrected chi connectivity index (χ2v) is 9.92. The third kappa shape index (κ3) is 5.32. The van der Waals surface area contributed by atoms with E-state index >= 15 is 0 Å². The summed E-state index contributed by atoms with van der Waals surface area (Å²) >= 11 is 0. The number of hydrogen-bond donors (Lipinski definition) is 0. The van der Waals surface area contributed by atoms with Crippen molar-refractivity contribution in [3.63, 3.8) is 0 Å². The van der Waals surface area contributed by atoms with Crippen molar-refractivity contribution in [3.05, 3.63) is 70.8 Å². The van der Waals surface area contributed by atoms with Crippen molar-refractivity contribution in [1.29, 1.82) is 0 Å². The highest BCUT2D eigenvalue weighted by atomic mass is 19.3. The zero-order chi connectivity index (χ0) is 23.5. The lowest BCUT2D eigenvalue weighted by Gasteiger charge is -2.30. The first-order chi connectivity index (χ1) is 14.3. The third-order valence-electron chi connectivity index (χ3n) is 6.48. The summed E-state index contributed by atoms with van der Waals surface area (Å²) in [7, 11) is 0. The molecule has 0 saturated carbocycles. The van der Waals surface area contributed by atoms with Gasteiger partial charge in [0.15, 0.2) is 0 Å². The Balaban J connectivity index is 2.31. The van der Waals surface area contributed by atoms with Gasteiger partial charge >= 0.3 is 11.8 Å². The molecule has 0 atom stereocenters. The number of rotatable bonds is 10. The predicted molar refractivity (Wildman–Crippen MR) is 121 cm³/mol. The van der Waals surface area contributed by atoms with E-state index in [0.717, 1.165) is 67.5 Å². The summed E-state index contributed by atoms with van der Waals surface area (Å²) < 4.78 is 59.8. The summed E-state index contributed by atoms with van der Waals surface area (Å²) in [6.07, 6.45) is 4.82. The zero-order valence-corrected chi connectivity index (χ0v) is 19.7. The molecule has 2 rings (SSSR count). The molecular weight excluding hydrogens is 400 g/mol. The molecular formula is C27H36F4. The lowest BCUT2D eigenvalue weighted by molar-refractivity contribution is -0.223. The van der Waals surface area contributed by atoms with E-state index in [1.807, 2.05) is 27.7 Å². The lowest BCUT2D eigenvalue weighted by atomic mass is 9.79. The maximum absolute atomic E-state index is 15.0. The Labute approximate surface area is 185 Å². The molecule has 0 fully saturated rings. The SMILES string of the molecule is CCCCC(C)(C)c1ccc(C(F)(F)C(F)(F)c2ccc(C(C)(C)CCC)cc2)cc1. The van der Waals surface area contributed by atoms with Crippen molar-refractivity contribution in [2.45, 2.75) is 96.3 Å². The zero-order valence-electron chi connectivity index (χ0n) is 19.7. The molecule has 0 aliphatic carbocycles. The summed E-state index contributed by atoms with van der Waals surface area (Å²) in [6.45, 7) is 12.3. The largest absolute Gasteiger partial charge is 0.339 e. The van der Waals surface area contributed by atoms with Gasteiger partial charge in [-0.15, -0.1) is 0 Å². The molecule has 0 heterocycles. The molecule has 0 aliphatic heterocycles. The molecule has 0 nitrogen and oxygen atoms in total. The molecule has 172 valence electrons. The summed E-state index contributed by atoms with van der Waals surface area (Å²) in [6, 6.07) is 10.8. The average molecular weight is 437 g/mol. The second-order valence-electron chi connectivity index (χ2n) is 9.92. The number of halogens is 4. The second kappa shape index (κ2) is 9.34. The van der Waals surface area contributed by atoms with Gasteiger partial charge in [0.1, 0.15) is 0 Å². The summed E-state index contributed by atoms with van der Waals surface area (Å²) in [4.78, 5) is 0. The lowest BCUT2D eigenvalue weighted by Crippen LogP contribution is -2.35. The van der Waals surface area contributed by atoms with Crippen molar-refractivity contribution < 1.29 is 17.6 Å². The van der Waals surface area contributed by atoms with E-state index in [9.17, 15) is 17.6 Å². The molecule has 31 heavy (non-hydrogen) atoms. The summed E-state index contributed by atoms with van der Waals surface area (Å²) in [5.74, 6) is -8.61. The van der Waals surface area contributed by atoms with Crippen LogP contribution in [0.1, 0.15) is 95.9 Å². The van der Waals surface area contributed by atoms with Gasteiger partial charge in [0.2, 0.25) is 0 Å². The predicted octanol–water partition coefficient (Wildman–Crippen LogP) is 9.12. The van der Waals surface area contributed by atoms with Gasteiger partial charge in [-0.2, -0.15) is 17.6 Å². The van der Waals surface area contributed by atoms with Crippen molar-refractivity contribution in [3.8, 4) is 0 Å². The molecule has 0 unspecified atom stereocenters. The van der Waals surface area contributed by atoms with Crippen LogP contribution in [0.2, 0.25) is 0 Å². The van der Waals surface area contributed by atoms with E-state index in [-0.39, 0.29) is 10.8 Å². The first kappa shape index (κ1) is 25.4. The van der Waals surface area contributed by atoms with Crippen LogP contribution in [0.3, 0.4) is 0 Å². The van der Waals surface area contributed by atoms with Gasteiger partial charge in [-0.3, -0.25) is 0 Å². The standard InChI is InChI=1S/C27H36F4/c1-7-9-19-25(5,6)21-12-16-23(17-13-21)27(30,31)26(28,29)22-14-10-20(11-15-22)24(3,4)18-8-2/h10-17H,7-9,18-19H2,1-6H3. The van der Waals surface area contributed by atoms with Crippen LogP contribution in [0.5, 0.6) is 0 Å². The van der Waals surface area contributed by atoms with Crippen LogP contribution in [-0.4, -0.2) is 0 Å². The minimum absolute atomic E-state index is 0.187. The number of hydrogen-bond acceptors (Lipinski definition) is 0. The van der Waals surface area contributed by atoms with E-state index in [2.05, 4.69) is 13.8 Å².